The Morgan fingerprint density at radius 2 is 1.91 bits per heavy atom. The van der Waals surface area contributed by atoms with E-state index in [4.69, 9.17) is 4.74 Å². The van der Waals surface area contributed by atoms with Crippen LogP contribution in [-0.4, -0.2) is 45.2 Å². The number of sulfonamides is 1. The van der Waals surface area contributed by atoms with Crippen LogP contribution < -0.4 is 9.62 Å². The zero-order chi connectivity index (χ0) is 23.5. The van der Waals surface area contributed by atoms with Gasteiger partial charge >= 0.3 is 11.9 Å². The summed E-state index contributed by atoms with van der Waals surface area (Å²) in [5.74, 6) is -1.77. The molecule has 0 aliphatic carbocycles. The molecule has 0 radical (unpaired) electrons. The summed E-state index contributed by atoms with van der Waals surface area (Å²) >= 11 is 0. The van der Waals surface area contributed by atoms with Crippen LogP contribution in [0, 0.1) is 19.8 Å². The van der Waals surface area contributed by atoms with E-state index in [1.807, 2.05) is 18.7 Å². The zero-order valence-corrected chi connectivity index (χ0v) is 19.2. The molecule has 0 saturated carbocycles. The quantitative estimate of drug-likeness (QED) is 0.607. The van der Waals surface area contributed by atoms with Gasteiger partial charge in [0, 0.05) is 13.1 Å². The third-order valence-electron chi connectivity index (χ3n) is 5.66. The lowest BCUT2D eigenvalue weighted by Crippen LogP contribution is -2.39. The number of rotatable bonds is 7. The highest BCUT2D eigenvalue weighted by atomic mass is 32.2. The van der Waals surface area contributed by atoms with Crippen LogP contribution >= 0.6 is 0 Å². The van der Waals surface area contributed by atoms with E-state index in [2.05, 4.69) is 4.72 Å². The molecule has 1 aliphatic rings. The molecule has 32 heavy (non-hydrogen) atoms. The number of ether oxygens (including phenoxy) is 1. The first-order valence-electron chi connectivity index (χ1n) is 10.5. The molecular formula is C23H28N2O6S. The number of hydrogen-bond donors (Lipinski definition) is 2. The Bertz CT molecular complexity index is 1130. The average molecular weight is 461 g/mol. The molecule has 2 aromatic rings. The second-order valence-electron chi connectivity index (χ2n) is 7.93. The lowest BCUT2D eigenvalue weighted by atomic mass is 9.97. The normalized spacial score (nSPS) is 16.5. The molecule has 1 fully saturated rings. The fraction of sp³-hybridized carbons (Fsp3) is 0.391. The minimum atomic E-state index is -3.96. The smallest absolute Gasteiger partial charge is 0.335 e. The molecule has 3 rings (SSSR count). The molecule has 1 unspecified atom stereocenters. The maximum atomic E-state index is 13.1. The summed E-state index contributed by atoms with van der Waals surface area (Å²) in [6.07, 6.45) is 1.42. The van der Waals surface area contributed by atoms with E-state index < -0.39 is 16.0 Å². The van der Waals surface area contributed by atoms with Crippen LogP contribution in [0.5, 0.6) is 0 Å². The number of carbonyl (C=O) groups excluding carboxylic acids is 1. The monoisotopic (exact) mass is 460 g/mol. The van der Waals surface area contributed by atoms with Crippen molar-refractivity contribution in [2.75, 3.05) is 29.3 Å². The van der Waals surface area contributed by atoms with Crippen molar-refractivity contribution in [3.63, 3.8) is 0 Å². The molecule has 1 aliphatic heterocycles. The number of piperidine rings is 1. The summed E-state index contributed by atoms with van der Waals surface area (Å²) in [6, 6.07) is 9.14. The molecule has 0 spiro atoms. The van der Waals surface area contributed by atoms with E-state index in [1.54, 1.807) is 25.1 Å². The third kappa shape index (κ3) is 5.21. The summed E-state index contributed by atoms with van der Waals surface area (Å²) in [6.45, 7) is 6.74. The van der Waals surface area contributed by atoms with Gasteiger partial charge in [-0.1, -0.05) is 6.07 Å². The Morgan fingerprint density at radius 1 is 1.16 bits per heavy atom. The maximum absolute atomic E-state index is 13.1. The molecule has 2 N–H and O–H groups in total. The predicted molar refractivity (Wildman–Crippen MR) is 122 cm³/mol. The minimum absolute atomic E-state index is 0.0366. The minimum Gasteiger partial charge on any atom is -0.478 e. The Kier molecular flexibility index (Phi) is 7.08. The first-order chi connectivity index (χ1) is 15.1. The van der Waals surface area contributed by atoms with Crippen molar-refractivity contribution >= 4 is 33.3 Å². The van der Waals surface area contributed by atoms with Crippen molar-refractivity contribution in [2.45, 2.75) is 38.5 Å². The van der Waals surface area contributed by atoms with E-state index in [0.717, 1.165) is 17.5 Å². The van der Waals surface area contributed by atoms with Crippen LogP contribution in [0.15, 0.2) is 41.3 Å². The zero-order valence-electron chi connectivity index (χ0n) is 18.4. The number of aryl methyl sites for hydroxylation is 2. The van der Waals surface area contributed by atoms with Gasteiger partial charge in [-0.3, -0.25) is 9.52 Å². The van der Waals surface area contributed by atoms with Crippen molar-refractivity contribution in [1.29, 1.82) is 0 Å². The molecular weight excluding hydrogens is 432 g/mol. The van der Waals surface area contributed by atoms with Crippen LogP contribution in [0.2, 0.25) is 0 Å². The Balaban J connectivity index is 1.97. The van der Waals surface area contributed by atoms with Crippen molar-refractivity contribution in [3.05, 3.63) is 53.1 Å². The Morgan fingerprint density at radius 3 is 2.56 bits per heavy atom. The van der Waals surface area contributed by atoms with Gasteiger partial charge in [0.1, 0.15) is 0 Å². The SMILES string of the molecule is CCOC(=O)C1CCCN(c2ccc(C(=O)O)cc2NS(=O)(=O)c2ccc(C)c(C)c2)C1. The molecule has 1 atom stereocenters. The fourth-order valence-corrected chi connectivity index (χ4v) is 4.91. The largest absolute Gasteiger partial charge is 0.478 e. The number of anilines is 2. The molecule has 0 amide bonds. The van der Waals surface area contributed by atoms with Gasteiger partial charge in [-0.25, -0.2) is 13.2 Å². The standard InChI is InChI=1S/C23H28N2O6S/c1-4-31-23(28)18-6-5-11-25(14-18)21-10-8-17(22(26)27)13-20(21)24-32(29,30)19-9-7-15(2)16(3)12-19/h7-10,12-13,18,24H,4-6,11,14H2,1-3H3,(H,26,27). The van der Waals surface area contributed by atoms with Gasteiger partial charge in [-0.2, -0.15) is 0 Å². The van der Waals surface area contributed by atoms with Crippen molar-refractivity contribution in [1.82, 2.24) is 0 Å². The van der Waals surface area contributed by atoms with Gasteiger partial charge in [0.2, 0.25) is 0 Å². The molecule has 172 valence electrons. The van der Waals surface area contributed by atoms with E-state index in [1.165, 1.54) is 18.2 Å². The summed E-state index contributed by atoms with van der Waals surface area (Å²) in [4.78, 5) is 25.7. The van der Waals surface area contributed by atoms with Gasteiger partial charge in [0.25, 0.3) is 10.0 Å². The fourth-order valence-electron chi connectivity index (χ4n) is 3.76. The molecule has 2 aromatic carbocycles. The van der Waals surface area contributed by atoms with Gasteiger partial charge < -0.3 is 14.7 Å². The van der Waals surface area contributed by atoms with Crippen LogP contribution in [0.25, 0.3) is 0 Å². The highest BCUT2D eigenvalue weighted by Gasteiger charge is 2.29. The van der Waals surface area contributed by atoms with Crippen molar-refractivity contribution < 1.29 is 27.9 Å². The number of hydrogen-bond acceptors (Lipinski definition) is 6. The highest BCUT2D eigenvalue weighted by molar-refractivity contribution is 7.92. The number of nitrogens with one attached hydrogen (secondary N) is 1. The molecule has 0 aromatic heterocycles. The number of nitrogens with zero attached hydrogens (tertiary/aromatic N) is 1. The highest BCUT2D eigenvalue weighted by Crippen LogP contribution is 2.33. The van der Waals surface area contributed by atoms with Crippen LogP contribution in [0.3, 0.4) is 0 Å². The van der Waals surface area contributed by atoms with Gasteiger partial charge in [0.05, 0.1) is 34.4 Å². The lowest BCUT2D eigenvalue weighted by molar-refractivity contribution is -0.148. The number of esters is 1. The van der Waals surface area contributed by atoms with Gasteiger partial charge in [-0.15, -0.1) is 0 Å². The average Bonchev–Trinajstić information content (AvgIpc) is 2.75. The van der Waals surface area contributed by atoms with E-state index in [-0.39, 0.29) is 28.0 Å². The third-order valence-corrected chi connectivity index (χ3v) is 7.02. The van der Waals surface area contributed by atoms with Crippen LogP contribution in [0.4, 0.5) is 11.4 Å². The molecule has 0 bridgehead atoms. The Hall–Kier alpha value is -3.07. The first kappa shape index (κ1) is 23.6. The van der Waals surface area contributed by atoms with Crippen LogP contribution in [-0.2, 0) is 19.6 Å². The maximum Gasteiger partial charge on any atom is 0.335 e. The molecule has 9 heteroatoms. The molecule has 8 nitrogen and oxygen atoms in total. The van der Waals surface area contributed by atoms with E-state index in [9.17, 15) is 23.1 Å². The second-order valence-corrected chi connectivity index (χ2v) is 9.61. The number of carbonyl (C=O) groups is 2. The van der Waals surface area contributed by atoms with Crippen molar-refractivity contribution in [3.8, 4) is 0 Å². The summed E-state index contributed by atoms with van der Waals surface area (Å²) < 4.78 is 33.9. The summed E-state index contributed by atoms with van der Waals surface area (Å²) in [5, 5.41) is 9.41. The first-order valence-corrected chi connectivity index (χ1v) is 12.0. The number of aromatic carboxylic acids is 1. The summed E-state index contributed by atoms with van der Waals surface area (Å²) in [5.41, 5.74) is 2.45. The number of benzene rings is 2. The van der Waals surface area contributed by atoms with Crippen LogP contribution in [0.1, 0.15) is 41.3 Å². The van der Waals surface area contributed by atoms with E-state index >= 15 is 0 Å². The van der Waals surface area contributed by atoms with Crippen molar-refractivity contribution in [2.24, 2.45) is 5.92 Å². The van der Waals surface area contributed by atoms with E-state index in [0.29, 0.717) is 31.8 Å². The predicted octanol–water partition coefficient (Wildman–Crippen LogP) is 3.58. The van der Waals surface area contributed by atoms with Gasteiger partial charge in [0.15, 0.2) is 0 Å². The lowest BCUT2D eigenvalue weighted by Gasteiger charge is -2.34. The van der Waals surface area contributed by atoms with Gasteiger partial charge in [-0.05, 0) is 75.1 Å². The second kappa shape index (κ2) is 9.60. The summed E-state index contributed by atoms with van der Waals surface area (Å²) in [7, 11) is -3.96. The molecule has 1 heterocycles. The molecule has 1 saturated heterocycles. The number of carboxylic acid groups (broad SMARTS) is 1. The Labute approximate surface area is 188 Å². The topological polar surface area (TPSA) is 113 Å². The number of carboxylic acids is 1.